The lowest BCUT2D eigenvalue weighted by Crippen LogP contribution is -2.29. The van der Waals surface area contributed by atoms with Crippen LogP contribution >= 0.6 is 12.2 Å². The maximum absolute atomic E-state index is 12.6. The second-order valence-corrected chi connectivity index (χ2v) is 7.72. The van der Waals surface area contributed by atoms with Crippen molar-refractivity contribution in [1.29, 1.82) is 0 Å². The Bertz CT molecular complexity index is 599. The van der Waals surface area contributed by atoms with Crippen LogP contribution in [-0.4, -0.2) is 44.5 Å². The Morgan fingerprint density at radius 2 is 2.10 bits per heavy atom. The summed E-state index contributed by atoms with van der Waals surface area (Å²) in [6.07, 6.45) is 1.32. The van der Waals surface area contributed by atoms with Crippen molar-refractivity contribution in [2.24, 2.45) is 11.7 Å². The van der Waals surface area contributed by atoms with Gasteiger partial charge in [-0.25, -0.2) is 8.42 Å². The van der Waals surface area contributed by atoms with Crippen LogP contribution in [0.5, 0.6) is 0 Å². The van der Waals surface area contributed by atoms with Crippen molar-refractivity contribution in [3.63, 3.8) is 0 Å². The van der Waals surface area contributed by atoms with Gasteiger partial charge in [0.25, 0.3) is 0 Å². The minimum Gasteiger partial charge on any atom is -0.393 e. The second-order valence-electron chi connectivity index (χ2n) is 5.26. The molecule has 0 aliphatic carbocycles. The van der Waals surface area contributed by atoms with Gasteiger partial charge in [0.2, 0.25) is 10.0 Å². The minimum absolute atomic E-state index is 0.277. The van der Waals surface area contributed by atoms with Gasteiger partial charge in [0.1, 0.15) is 0 Å². The van der Waals surface area contributed by atoms with Gasteiger partial charge in [-0.15, -0.1) is 0 Å². The van der Waals surface area contributed by atoms with Crippen molar-refractivity contribution in [3.8, 4) is 0 Å². The van der Waals surface area contributed by atoms with Crippen molar-refractivity contribution in [2.75, 3.05) is 26.8 Å². The molecule has 0 aromatic heterocycles. The maximum atomic E-state index is 12.6. The van der Waals surface area contributed by atoms with Crippen LogP contribution in [0.25, 0.3) is 0 Å². The zero-order chi connectivity index (χ0) is 15.5. The molecule has 21 heavy (non-hydrogen) atoms. The van der Waals surface area contributed by atoms with Gasteiger partial charge < -0.3 is 10.5 Å². The van der Waals surface area contributed by atoms with Crippen LogP contribution in [0.3, 0.4) is 0 Å². The Balaban J connectivity index is 2.11. The van der Waals surface area contributed by atoms with E-state index in [4.69, 9.17) is 22.7 Å². The summed E-state index contributed by atoms with van der Waals surface area (Å²) in [6.45, 7) is 1.66. The molecule has 0 saturated carbocycles. The molecule has 1 aliphatic rings. The van der Waals surface area contributed by atoms with Crippen molar-refractivity contribution in [2.45, 2.75) is 17.7 Å². The molecule has 1 fully saturated rings. The van der Waals surface area contributed by atoms with E-state index in [1.165, 1.54) is 4.31 Å². The predicted molar refractivity (Wildman–Crippen MR) is 85.7 cm³/mol. The largest absolute Gasteiger partial charge is 0.393 e. The molecule has 2 N–H and O–H groups in total. The van der Waals surface area contributed by atoms with Crippen molar-refractivity contribution in [3.05, 3.63) is 29.8 Å². The topological polar surface area (TPSA) is 72.6 Å². The molecule has 0 radical (unpaired) electrons. The summed E-state index contributed by atoms with van der Waals surface area (Å²) in [5.41, 5.74) is 6.40. The number of sulfonamides is 1. The third-order valence-electron chi connectivity index (χ3n) is 3.59. The first-order valence-electron chi connectivity index (χ1n) is 6.80. The molecule has 1 heterocycles. The SMILES string of the molecule is COCC1CCN(S(=O)(=O)c2ccc(CC(N)=S)cc2)C1. The van der Waals surface area contributed by atoms with Gasteiger partial charge in [0.15, 0.2) is 0 Å². The highest BCUT2D eigenvalue weighted by molar-refractivity contribution is 7.89. The summed E-state index contributed by atoms with van der Waals surface area (Å²) >= 11 is 4.85. The zero-order valence-electron chi connectivity index (χ0n) is 12.0. The molecule has 1 aromatic rings. The molecule has 1 unspecified atom stereocenters. The number of hydrogen-bond donors (Lipinski definition) is 1. The van der Waals surface area contributed by atoms with Gasteiger partial charge in [0, 0.05) is 26.6 Å². The number of rotatable bonds is 6. The quantitative estimate of drug-likeness (QED) is 0.794. The number of nitrogens with two attached hydrogens (primary N) is 1. The van der Waals surface area contributed by atoms with Crippen LogP contribution in [0.1, 0.15) is 12.0 Å². The summed E-state index contributed by atoms with van der Waals surface area (Å²) in [5, 5.41) is 0. The standard InChI is InChI=1S/C14H20N2O3S2/c1-19-10-12-6-7-16(9-12)21(17,18)13-4-2-11(3-5-13)8-14(15)20/h2-5,12H,6-10H2,1H3,(H2,15,20). The third kappa shape index (κ3) is 4.00. The van der Waals surface area contributed by atoms with E-state index in [0.717, 1.165) is 12.0 Å². The molecule has 0 amide bonds. The minimum atomic E-state index is -3.42. The lowest BCUT2D eigenvalue weighted by atomic mass is 10.1. The fourth-order valence-corrected chi connectivity index (χ4v) is 4.21. The Morgan fingerprint density at radius 1 is 1.43 bits per heavy atom. The molecule has 0 spiro atoms. The van der Waals surface area contributed by atoms with Gasteiger partial charge >= 0.3 is 0 Å². The van der Waals surface area contributed by atoms with Crippen LogP contribution in [0, 0.1) is 5.92 Å². The lowest BCUT2D eigenvalue weighted by molar-refractivity contribution is 0.157. The lowest BCUT2D eigenvalue weighted by Gasteiger charge is -2.16. The van der Waals surface area contributed by atoms with Gasteiger partial charge in [-0.3, -0.25) is 0 Å². The molecule has 116 valence electrons. The summed E-state index contributed by atoms with van der Waals surface area (Å²) in [5.74, 6) is 0.277. The summed E-state index contributed by atoms with van der Waals surface area (Å²) in [4.78, 5) is 0.708. The van der Waals surface area contributed by atoms with Gasteiger partial charge in [-0.2, -0.15) is 4.31 Å². The molecular formula is C14H20N2O3S2. The highest BCUT2D eigenvalue weighted by atomic mass is 32.2. The van der Waals surface area contributed by atoms with E-state index < -0.39 is 10.0 Å². The molecule has 1 aliphatic heterocycles. The van der Waals surface area contributed by atoms with E-state index in [1.54, 1.807) is 31.4 Å². The first kappa shape index (κ1) is 16.4. The molecule has 1 saturated heterocycles. The number of hydrogen-bond acceptors (Lipinski definition) is 4. The van der Waals surface area contributed by atoms with E-state index in [-0.39, 0.29) is 5.92 Å². The second kappa shape index (κ2) is 6.83. The Hall–Kier alpha value is -1.02. The van der Waals surface area contributed by atoms with E-state index >= 15 is 0 Å². The molecular weight excluding hydrogens is 308 g/mol. The Labute approximate surface area is 131 Å². The monoisotopic (exact) mass is 328 g/mol. The number of benzene rings is 1. The molecule has 7 heteroatoms. The fraction of sp³-hybridized carbons (Fsp3) is 0.500. The average molecular weight is 328 g/mol. The normalized spacial score (nSPS) is 19.8. The maximum Gasteiger partial charge on any atom is 0.243 e. The van der Waals surface area contributed by atoms with Gasteiger partial charge in [-0.05, 0) is 30.0 Å². The smallest absolute Gasteiger partial charge is 0.243 e. The van der Waals surface area contributed by atoms with Crippen molar-refractivity contribution < 1.29 is 13.2 Å². The van der Waals surface area contributed by atoms with E-state index in [2.05, 4.69) is 0 Å². The highest BCUT2D eigenvalue weighted by Crippen LogP contribution is 2.24. The first-order chi connectivity index (χ1) is 9.93. The van der Waals surface area contributed by atoms with E-state index in [0.29, 0.717) is 36.0 Å². The Morgan fingerprint density at radius 3 is 2.67 bits per heavy atom. The number of ether oxygens (including phenoxy) is 1. The predicted octanol–water partition coefficient (Wildman–Crippen LogP) is 1.17. The first-order valence-corrected chi connectivity index (χ1v) is 8.64. The third-order valence-corrected chi connectivity index (χ3v) is 5.61. The van der Waals surface area contributed by atoms with Crippen LogP contribution < -0.4 is 5.73 Å². The van der Waals surface area contributed by atoms with Gasteiger partial charge in [0.05, 0.1) is 16.5 Å². The number of nitrogens with zero attached hydrogens (tertiary/aromatic N) is 1. The van der Waals surface area contributed by atoms with Crippen LogP contribution in [-0.2, 0) is 21.2 Å². The highest BCUT2D eigenvalue weighted by Gasteiger charge is 2.32. The van der Waals surface area contributed by atoms with Crippen LogP contribution in [0.4, 0.5) is 0 Å². The van der Waals surface area contributed by atoms with E-state index in [1.807, 2.05) is 0 Å². The number of methoxy groups -OCH3 is 1. The average Bonchev–Trinajstić information content (AvgIpc) is 2.88. The zero-order valence-corrected chi connectivity index (χ0v) is 13.6. The van der Waals surface area contributed by atoms with Crippen molar-refractivity contribution in [1.82, 2.24) is 4.31 Å². The Kier molecular flexibility index (Phi) is 5.32. The van der Waals surface area contributed by atoms with E-state index in [9.17, 15) is 8.42 Å². The molecule has 5 nitrogen and oxygen atoms in total. The number of thiocarbonyl (C=S) groups is 1. The van der Waals surface area contributed by atoms with Gasteiger partial charge in [-0.1, -0.05) is 24.4 Å². The van der Waals surface area contributed by atoms with Crippen LogP contribution in [0.2, 0.25) is 0 Å². The van der Waals surface area contributed by atoms with Crippen LogP contribution in [0.15, 0.2) is 29.2 Å². The summed E-state index contributed by atoms with van der Waals surface area (Å²) in [6, 6.07) is 6.75. The molecule has 0 bridgehead atoms. The summed E-state index contributed by atoms with van der Waals surface area (Å²) < 4.78 is 31.7. The molecule has 1 atom stereocenters. The molecule has 1 aromatic carbocycles. The van der Waals surface area contributed by atoms with Crippen molar-refractivity contribution >= 4 is 27.2 Å². The summed E-state index contributed by atoms with van der Waals surface area (Å²) in [7, 11) is -1.78. The molecule has 2 rings (SSSR count). The fourth-order valence-electron chi connectivity index (χ4n) is 2.52.